The highest BCUT2D eigenvalue weighted by Gasteiger charge is 2.05. The number of carbonyl (C=O) groups excluding carboxylic acids is 1. The molecule has 0 aliphatic heterocycles. The first kappa shape index (κ1) is 16.8. The molecular formula is C18H24N2O. The monoisotopic (exact) mass is 284 g/mol. The Kier molecular flexibility index (Phi) is 7.11. The Morgan fingerprint density at radius 3 is 2.67 bits per heavy atom. The van der Waals surface area contributed by atoms with Gasteiger partial charge in [-0.1, -0.05) is 25.1 Å². The Bertz CT molecular complexity index is 596. The van der Waals surface area contributed by atoms with Crippen LogP contribution in [0.5, 0.6) is 0 Å². The quantitative estimate of drug-likeness (QED) is 0.641. The summed E-state index contributed by atoms with van der Waals surface area (Å²) >= 11 is 0. The molecule has 3 heteroatoms. The van der Waals surface area contributed by atoms with E-state index in [1.54, 1.807) is 0 Å². The minimum atomic E-state index is 0.166. The molecule has 21 heavy (non-hydrogen) atoms. The number of hydrogen-bond acceptors (Lipinski definition) is 1. The summed E-state index contributed by atoms with van der Waals surface area (Å²) < 4.78 is 2.24. The second kappa shape index (κ2) is 8.86. The van der Waals surface area contributed by atoms with Gasteiger partial charge < -0.3 is 9.88 Å². The lowest BCUT2D eigenvalue weighted by atomic mass is 10.2. The molecule has 2 rings (SSSR count). The minimum absolute atomic E-state index is 0.166. The summed E-state index contributed by atoms with van der Waals surface area (Å²) in [7, 11) is 2.10. The zero-order chi connectivity index (χ0) is 15.7. The molecule has 0 spiro atoms. The molecule has 0 saturated heterocycles. The van der Waals surface area contributed by atoms with Crippen LogP contribution in [0.1, 0.15) is 31.9 Å². The SMILES string of the molecule is C#C.CCCC(=O)NCCCc1cc2ccccc2n1C. The molecule has 0 unspecified atom stereocenters. The highest BCUT2D eigenvalue weighted by Crippen LogP contribution is 2.19. The normalized spacial score (nSPS) is 9.90. The molecule has 1 aromatic carbocycles. The average Bonchev–Trinajstić information content (AvgIpc) is 2.83. The lowest BCUT2D eigenvalue weighted by Crippen LogP contribution is -2.24. The summed E-state index contributed by atoms with van der Waals surface area (Å²) in [5.74, 6) is 0.166. The second-order valence-corrected chi connectivity index (χ2v) is 4.96. The third-order valence-electron chi connectivity index (χ3n) is 3.46. The van der Waals surface area contributed by atoms with E-state index in [0.29, 0.717) is 6.42 Å². The van der Waals surface area contributed by atoms with E-state index in [-0.39, 0.29) is 5.91 Å². The molecule has 112 valence electrons. The maximum atomic E-state index is 11.3. The van der Waals surface area contributed by atoms with Gasteiger partial charge in [0.1, 0.15) is 0 Å². The first-order chi connectivity index (χ1) is 10.2. The number of aryl methyl sites for hydroxylation is 2. The van der Waals surface area contributed by atoms with Crippen molar-refractivity contribution < 1.29 is 4.79 Å². The zero-order valence-electron chi connectivity index (χ0n) is 12.9. The van der Waals surface area contributed by atoms with Gasteiger partial charge in [-0.25, -0.2) is 0 Å². The van der Waals surface area contributed by atoms with E-state index < -0.39 is 0 Å². The standard InChI is InChI=1S/C16H22N2O.C2H2/c1-3-7-16(19)17-11-6-9-14-12-13-8-4-5-10-15(13)18(14)2;1-2/h4-5,8,10,12H,3,6-7,9,11H2,1-2H3,(H,17,19);1-2H. The third kappa shape index (κ3) is 4.68. The van der Waals surface area contributed by atoms with Crippen molar-refractivity contribution >= 4 is 16.8 Å². The van der Waals surface area contributed by atoms with Gasteiger partial charge in [0.05, 0.1) is 0 Å². The summed E-state index contributed by atoms with van der Waals surface area (Å²) in [5.41, 5.74) is 2.60. The van der Waals surface area contributed by atoms with Crippen molar-refractivity contribution in [2.75, 3.05) is 6.54 Å². The molecule has 2 aromatic rings. The van der Waals surface area contributed by atoms with Crippen LogP contribution < -0.4 is 5.32 Å². The summed E-state index contributed by atoms with van der Waals surface area (Å²) in [4.78, 5) is 11.3. The van der Waals surface area contributed by atoms with Gasteiger partial charge in [0, 0.05) is 31.2 Å². The predicted octanol–water partition coefficient (Wildman–Crippen LogP) is 3.28. The number of aromatic nitrogens is 1. The van der Waals surface area contributed by atoms with E-state index in [0.717, 1.165) is 25.8 Å². The Labute approximate surface area is 127 Å². The van der Waals surface area contributed by atoms with E-state index in [1.165, 1.54) is 16.6 Å². The number of nitrogens with one attached hydrogen (secondary N) is 1. The summed E-state index contributed by atoms with van der Waals surface area (Å²) in [6.45, 7) is 2.79. The van der Waals surface area contributed by atoms with Crippen molar-refractivity contribution in [2.45, 2.75) is 32.6 Å². The first-order valence-corrected chi connectivity index (χ1v) is 7.35. The van der Waals surface area contributed by atoms with Crippen LogP contribution >= 0.6 is 0 Å². The molecule has 1 N–H and O–H groups in total. The third-order valence-corrected chi connectivity index (χ3v) is 3.46. The van der Waals surface area contributed by atoms with Gasteiger partial charge in [-0.05, 0) is 36.8 Å². The smallest absolute Gasteiger partial charge is 0.219 e. The van der Waals surface area contributed by atoms with Gasteiger partial charge in [0.25, 0.3) is 0 Å². The fourth-order valence-corrected chi connectivity index (χ4v) is 2.40. The summed E-state index contributed by atoms with van der Waals surface area (Å²) in [6.07, 6.45) is 11.5. The van der Waals surface area contributed by atoms with Crippen molar-refractivity contribution in [3.8, 4) is 12.8 Å². The van der Waals surface area contributed by atoms with Gasteiger partial charge in [0.15, 0.2) is 0 Å². The van der Waals surface area contributed by atoms with Gasteiger partial charge >= 0.3 is 0 Å². The zero-order valence-corrected chi connectivity index (χ0v) is 12.9. The van der Waals surface area contributed by atoms with Crippen LogP contribution in [0, 0.1) is 12.8 Å². The Hall–Kier alpha value is -2.21. The van der Waals surface area contributed by atoms with Crippen LogP contribution in [-0.2, 0) is 18.3 Å². The van der Waals surface area contributed by atoms with Crippen LogP contribution in [0.4, 0.5) is 0 Å². The molecule has 0 atom stereocenters. The van der Waals surface area contributed by atoms with Gasteiger partial charge in [0.2, 0.25) is 5.91 Å². The number of amides is 1. The number of rotatable bonds is 6. The maximum absolute atomic E-state index is 11.3. The van der Waals surface area contributed by atoms with E-state index in [4.69, 9.17) is 0 Å². The van der Waals surface area contributed by atoms with Gasteiger partial charge in [-0.2, -0.15) is 0 Å². The van der Waals surface area contributed by atoms with E-state index in [2.05, 4.69) is 60.1 Å². The molecule has 0 saturated carbocycles. The molecule has 1 aromatic heterocycles. The number of benzene rings is 1. The van der Waals surface area contributed by atoms with Crippen LogP contribution in [-0.4, -0.2) is 17.0 Å². The molecule has 0 bridgehead atoms. The number of fused-ring (bicyclic) bond motifs is 1. The molecule has 0 radical (unpaired) electrons. The van der Waals surface area contributed by atoms with Crippen molar-refractivity contribution in [1.82, 2.24) is 9.88 Å². The number of hydrogen-bond donors (Lipinski definition) is 1. The molecule has 1 heterocycles. The Morgan fingerprint density at radius 1 is 1.29 bits per heavy atom. The van der Waals surface area contributed by atoms with Crippen molar-refractivity contribution in [2.24, 2.45) is 7.05 Å². The number of para-hydroxylation sites is 1. The fraction of sp³-hybridized carbons (Fsp3) is 0.389. The molecule has 1 amide bonds. The molecule has 3 nitrogen and oxygen atoms in total. The van der Waals surface area contributed by atoms with Crippen LogP contribution in [0.15, 0.2) is 30.3 Å². The molecule has 0 aliphatic rings. The predicted molar refractivity (Wildman–Crippen MR) is 89.0 cm³/mol. The Morgan fingerprint density at radius 2 is 2.00 bits per heavy atom. The summed E-state index contributed by atoms with van der Waals surface area (Å²) in [6, 6.07) is 10.7. The minimum Gasteiger partial charge on any atom is -0.356 e. The highest BCUT2D eigenvalue weighted by atomic mass is 16.1. The van der Waals surface area contributed by atoms with Crippen molar-refractivity contribution in [1.29, 1.82) is 0 Å². The van der Waals surface area contributed by atoms with Gasteiger partial charge in [-0.3, -0.25) is 4.79 Å². The second-order valence-electron chi connectivity index (χ2n) is 4.96. The van der Waals surface area contributed by atoms with E-state index in [9.17, 15) is 4.79 Å². The van der Waals surface area contributed by atoms with Gasteiger partial charge in [-0.15, -0.1) is 12.8 Å². The first-order valence-electron chi connectivity index (χ1n) is 7.35. The van der Waals surface area contributed by atoms with E-state index >= 15 is 0 Å². The van der Waals surface area contributed by atoms with Crippen LogP contribution in [0.2, 0.25) is 0 Å². The lowest BCUT2D eigenvalue weighted by molar-refractivity contribution is -0.121. The number of carbonyl (C=O) groups is 1. The summed E-state index contributed by atoms with van der Waals surface area (Å²) in [5, 5.41) is 4.25. The topological polar surface area (TPSA) is 34.0 Å². The number of nitrogens with zero attached hydrogens (tertiary/aromatic N) is 1. The van der Waals surface area contributed by atoms with Crippen molar-refractivity contribution in [3.05, 3.63) is 36.0 Å². The number of terminal acetylenes is 1. The molecule has 0 aliphatic carbocycles. The van der Waals surface area contributed by atoms with Crippen molar-refractivity contribution in [3.63, 3.8) is 0 Å². The molecular weight excluding hydrogens is 260 g/mol. The lowest BCUT2D eigenvalue weighted by Gasteiger charge is -2.06. The molecule has 0 fully saturated rings. The Balaban J connectivity index is 0.00000106. The highest BCUT2D eigenvalue weighted by molar-refractivity contribution is 5.81. The maximum Gasteiger partial charge on any atom is 0.219 e. The average molecular weight is 284 g/mol. The largest absolute Gasteiger partial charge is 0.356 e. The fourth-order valence-electron chi connectivity index (χ4n) is 2.40. The van der Waals surface area contributed by atoms with Crippen LogP contribution in [0.3, 0.4) is 0 Å². The van der Waals surface area contributed by atoms with Crippen LogP contribution in [0.25, 0.3) is 10.9 Å². The van der Waals surface area contributed by atoms with E-state index in [1.807, 2.05) is 6.92 Å².